The molecule has 3 aromatic rings. The molecule has 200 valence electrons. The van der Waals surface area contributed by atoms with Crippen molar-refractivity contribution in [3.05, 3.63) is 71.5 Å². The summed E-state index contributed by atoms with van der Waals surface area (Å²) in [7, 11) is 0. The molecule has 7 rings (SSSR count). The Hall–Kier alpha value is -4.28. The van der Waals surface area contributed by atoms with Crippen molar-refractivity contribution in [1.29, 1.82) is 0 Å². The van der Waals surface area contributed by atoms with Crippen LogP contribution in [0.2, 0.25) is 0 Å². The summed E-state index contributed by atoms with van der Waals surface area (Å²) >= 11 is 0. The predicted molar refractivity (Wildman–Crippen MR) is 138 cm³/mol. The number of anilines is 1. The van der Waals surface area contributed by atoms with Crippen LogP contribution in [0.1, 0.15) is 39.9 Å². The zero-order chi connectivity index (χ0) is 26.7. The van der Waals surface area contributed by atoms with Gasteiger partial charge in [-0.3, -0.25) is 4.79 Å². The van der Waals surface area contributed by atoms with Crippen molar-refractivity contribution in [2.45, 2.75) is 31.0 Å². The minimum Gasteiger partial charge on any atom is -0.435 e. The van der Waals surface area contributed by atoms with E-state index in [0.29, 0.717) is 56.2 Å². The van der Waals surface area contributed by atoms with Crippen LogP contribution in [0.3, 0.4) is 0 Å². The quantitative estimate of drug-likeness (QED) is 0.540. The van der Waals surface area contributed by atoms with Gasteiger partial charge in [-0.05, 0) is 41.3 Å². The molecule has 0 bridgehead atoms. The lowest BCUT2D eigenvalue weighted by Gasteiger charge is -2.36. The number of piperazine rings is 1. The first kappa shape index (κ1) is 23.8. The first-order valence-electron chi connectivity index (χ1n) is 13.1. The maximum Gasteiger partial charge on any atom is 0.387 e. The van der Waals surface area contributed by atoms with Gasteiger partial charge in [0.2, 0.25) is 5.95 Å². The number of nitrogens with one attached hydrogen (secondary N) is 1. The Labute approximate surface area is 223 Å². The Morgan fingerprint density at radius 2 is 1.77 bits per heavy atom. The highest BCUT2D eigenvalue weighted by Crippen LogP contribution is 2.51. The molecule has 1 N–H and O–H groups in total. The van der Waals surface area contributed by atoms with Crippen molar-refractivity contribution in [1.82, 2.24) is 25.1 Å². The van der Waals surface area contributed by atoms with Crippen LogP contribution in [0.25, 0.3) is 11.1 Å². The van der Waals surface area contributed by atoms with E-state index in [4.69, 9.17) is 4.74 Å². The molecule has 0 radical (unpaired) electrons. The van der Waals surface area contributed by atoms with E-state index in [0.717, 1.165) is 16.7 Å². The van der Waals surface area contributed by atoms with Gasteiger partial charge in [0.15, 0.2) is 0 Å². The lowest BCUT2D eigenvalue weighted by molar-refractivity contribution is -0.0507. The minimum atomic E-state index is -2.92. The molecule has 3 fully saturated rings. The molecule has 1 unspecified atom stereocenters. The van der Waals surface area contributed by atoms with E-state index in [2.05, 4.69) is 20.2 Å². The second-order valence-electron chi connectivity index (χ2n) is 10.3. The van der Waals surface area contributed by atoms with E-state index < -0.39 is 6.61 Å². The van der Waals surface area contributed by atoms with Gasteiger partial charge in [-0.1, -0.05) is 24.3 Å². The summed E-state index contributed by atoms with van der Waals surface area (Å²) in [5.41, 5.74) is 3.90. The first-order valence-corrected chi connectivity index (χ1v) is 13.1. The summed E-state index contributed by atoms with van der Waals surface area (Å²) in [6, 6.07) is 12.4. The Morgan fingerprint density at radius 3 is 2.59 bits per heavy atom. The number of benzene rings is 2. The van der Waals surface area contributed by atoms with Crippen molar-refractivity contribution < 1.29 is 23.1 Å². The lowest BCUT2D eigenvalue weighted by Crippen LogP contribution is -2.52. The second-order valence-corrected chi connectivity index (χ2v) is 10.3. The highest BCUT2D eigenvalue weighted by Gasteiger charge is 2.47. The van der Waals surface area contributed by atoms with Gasteiger partial charge in [0.1, 0.15) is 5.75 Å². The van der Waals surface area contributed by atoms with Gasteiger partial charge < -0.3 is 24.8 Å². The molecule has 1 aromatic heterocycles. The third-order valence-electron chi connectivity index (χ3n) is 8.28. The van der Waals surface area contributed by atoms with Gasteiger partial charge in [0.25, 0.3) is 5.91 Å². The average molecular weight is 533 g/mol. The molecule has 5 heterocycles. The van der Waals surface area contributed by atoms with Crippen molar-refractivity contribution >= 4 is 17.9 Å². The molecular weight excluding hydrogens is 506 g/mol. The molecule has 9 nitrogen and oxygen atoms in total. The first-order chi connectivity index (χ1) is 19.0. The number of nitrogens with zero attached hydrogens (tertiary/aromatic N) is 5. The fourth-order valence-electron chi connectivity index (χ4n) is 6.48. The van der Waals surface area contributed by atoms with Crippen molar-refractivity contribution in [2.24, 2.45) is 0 Å². The highest BCUT2D eigenvalue weighted by molar-refractivity contribution is 6.00. The van der Waals surface area contributed by atoms with Crippen molar-refractivity contribution in [2.75, 3.05) is 37.6 Å². The number of rotatable bonds is 5. The zero-order valence-electron chi connectivity index (χ0n) is 21.0. The van der Waals surface area contributed by atoms with Crippen LogP contribution in [-0.2, 0) is 0 Å². The van der Waals surface area contributed by atoms with Crippen molar-refractivity contribution in [3.63, 3.8) is 0 Å². The molecule has 0 aliphatic carbocycles. The number of para-hydroxylation sites is 1. The number of aromatic nitrogens is 2. The summed E-state index contributed by atoms with van der Waals surface area (Å²) in [5, 5.41) is 2.88. The number of fused-ring (bicyclic) bond motifs is 4. The fourth-order valence-corrected chi connectivity index (χ4v) is 6.48. The third-order valence-corrected chi connectivity index (χ3v) is 8.28. The Bertz CT molecular complexity index is 1450. The molecular formula is C28H26F2N6O3. The summed E-state index contributed by atoms with van der Waals surface area (Å²) in [6.45, 7) is 0.226. The molecule has 3 amide bonds. The molecule has 2 aromatic carbocycles. The SMILES string of the molecule is O=C1NCC2CN(c3ncc(-c4ccc5c(c4)[C@H]4[C@@H](c6ccccc6OC(F)F)CCN4C5=O)cn3)CCN12. The lowest BCUT2D eigenvalue weighted by atomic mass is 9.86. The van der Waals surface area contributed by atoms with Crippen LogP contribution in [0.15, 0.2) is 54.9 Å². The Morgan fingerprint density at radius 1 is 0.949 bits per heavy atom. The van der Waals surface area contributed by atoms with E-state index >= 15 is 0 Å². The van der Waals surface area contributed by atoms with Crippen LogP contribution in [0, 0.1) is 0 Å². The van der Waals surface area contributed by atoms with Gasteiger partial charge in [-0.25, -0.2) is 14.8 Å². The van der Waals surface area contributed by atoms with Crippen LogP contribution in [0.5, 0.6) is 5.75 Å². The summed E-state index contributed by atoms with van der Waals surface area (Å²) in [5.74, 6) is 0.572. The molecule has 4 aliphatic heterocycles. The van der Waals surface area contributed by atoms with Crippen molar-refractivity contribution in [3.8, 4) is 16.9 Å². The molecule has 3 atom stereocenters. The molecule has 39 heavy (non-hydrogen) atoms. The molecule has 4 aliphatic rings. The van der Waals surface area contributed by atoms with Gasteiger partial charge in [-0.15, -0.1) is 0 Å². The number of urea groups is 1. The Balaban J connectivity index is 1.16. The second kappa shape index (κ2) is 9.18. The average Bonchev–Trinajstić information content (AvgIpc) is 3.63. The molecule has 0 spiro atoms. The van der Waals surface area contributed by atoms with E-state index in [1.807, 2.05) is 40.1 Å². The summed E-state index contributed by atoms with van der Waals surface area (Å²) < 4.78 is 31.0. The standard InChI is InChI=1S/C28H26F2N6O3/c29-26(30)39-23-4-2-1-3-19(23)20-7-8-36-24(20)22-11-16(5-6-21(22)25(36)37)17-12-31-27(32-13-17)34-9-10-35-18(15-34)14-33-28(35)38/h1-6,11-13,18,20,24,26H,7-10,14-15H2,(H,33,38)/t18?,20-,24-/m1/s1. The molecule has 3 saturated heterocycles. The topological polar surface area (TPSA) is 90.9 Å². The Kier molecular flexibility index (Phi) is 5.60. The number of hydrogen-bond donors (Lipinski definition) is 1. The molecule has 0 saturated carbocycles. The normalized spacial score (nSPS) is 23.7. The highest BCUT2D eigenvalue weighted by atomic mass is 19.3. The van der Waals surface area contributed by atoms with E-state index in [1.54, 1.807) is 24.5 Å². The maximum absolute atomic E-state index is 13.2. The van der Waals surface area contributed by atoms with E-state index in [9.17, 15) is 18.4 Å². The maximum atomic E-state index is 13.2. The number of halogens is 2. The summed E-state index contributed by atoms with van der Waals surface area (Å²) in [4.78, 5) is 40.1. The fraction of sp³-hybridized carbons (Fsp3) is 0.357. The van der Waals surface area contributed by atoms with Crippen LogP contribution >= 0.6 is 0 Å². The monoisotopic (exact) mass is 532 g/mol. The number of hydrogen-bond acceptors (Lipinski definition) is 6. The molecule has 11 heteroatoms. The van der Waals surface area contributed by atoms with Crippen LogP contribution in [-0.4, -0.2) is 77.1 Å². The number of amides is 3. The minimum absolute atomic E-state index is 0.0147. The van der Waals surface area contributed by atoms with Gasteiger partial charge in [0, 0.05) is 62.2 Å². The van der Waals surface area contributed by atoms with Gasteiger partial charge in [0.05, 0.1) is 12.1 Å². The van der Waals surface area contributed by atoms with Crippen LogP contribution < -0.4 is 15.0 Å². The number of carbonyl (C=O) groups is 2. The van der Waals surface area contributed by atoms with E-state index in [1.165, 1.54) is 0 Å². The largest absolute Gasteiger partial charge is 0.435 e. The number of alkyl halides is 2. The third kappa shape index (κ3) is 3.95. The summed E-state index contributed by atoms with van der Waals surface area (Å²) in [6.07, 6.45) is 4.22. The zero-order valence-corrected chi connectivity index (χ0v) is 21.0. The van der Waals surface area contributed by atoms with E-state index in [-0.39, 0.29) is 35.7 Å². The number of carbonyl (C=O) groups excluding carboxylic acids is 2. The van der Waals surface area contributed by atoms with Crippen LogP contribution in [0.4, 0.5) is 19.5 Å². The smallest absolute Gasteiger partial charge is 0.387 e. The van der Waals surface area contributed by atoms with Gasteiger partial charge >= 0.3 is 12.6 Å². The number of ether oxygens (including phenoxy) is 1. The van der Waals surface area contributed by atoms with Gasteiger partial charge in [-0.2, -0.15) is 8.78 Å². The predicted octanol–water partition coefficient (Wildman–Crippen LogP) is 3.64.